The van der Waals surface area contributed by atoms with Crippen LogP contribution in [0.4, 0.5) is 13.2 Å². The number of esters is 1. The Kier molecular flexibility index (Phi) is 9.20. The number of thiol groups is 1. The highest BCUT2D eigenvalue weighted by atomic mass is 32.1. The van der Waals surface area contributed by atoms with Crippen molar-refractivity contribution in [3.63, 3.8) is 0 Å². The third kappa shape index (κ3) is 6.16. The maximum atomic E-state index is 13.6. The van der Waals surface area contributed by atoms with Crippen molar-refractivity contribution in [2.75, 3.05) is 7.11 Å². The van der Waals surface area contributed by atoms with E-state index in [0.717, 1.165) is 6.42 Å². The molecule has 2 nitrogen and oxygen atoms in total. The summed E-state index contributed by atoms with van der Waals surface area (Å²) in [5, 5.41) is 0. The largest absolute Gasteiger partial charge is 0.469 e. The molecule has 0 saturated heterocycles. The van der Waals surface area contributed by atoms with Gasteiger partial charge in [-0.3, -0.25) is 4.79 Å². The predicted molar refractivity (Wildman–Crippen MR) is 95.3 cm³/mol. The van der Waals surface area contributed by atoms with E-state index in [1.54, 1.807) is 20.8 Å². The third-order valence-corrected chi connectivity index (χ3v) is 6.00. The molecule has 24 heavy (non-hydrogen) atoms. The van der Waals surface area contributed by atoms with E-state index in [9.17, 15) is 18.0 Å². The van der Waals surface area contributed by atoms with Crippen LogP contribution in [0.5, 0.6) is 0 Å². The molecule has 6 heteroatoms. The van der Waals surface area contributed by atoms with Crippen molar-refractivity contribution in [2.45, 2.75) is 84.1 Å². The highest BCUT2D eigenvalue weighted by Gasteiger charge is 2.52. The Morgan fingerprint density at radius 1 is 1.17 bits per heavy atom. The second-order valence-electron chi connectivity index (χ2n) is 7.25. The second-order valence-corrected chi connectivity index (χ2v) is 8.27. The summed E-state index contributed by atoms with van der Waals surface area (Å²) in [7, 11) is 1.28. The molecule has 0 aromatic heterocycles. The van der Waals surface area contributed by atoms with Gasteiger partial charge in [-0.2, -0.15) is 25.8 Å². The molecule has 144 valence electrons. The fourth-order valence-corrected chi connectivity index (χ4v) is 3.73. The highest BCUT2D eigenvalue weighted by Crippen LogP contribution is 2.51. The SMILES string of the molecule is CCCCC(C)(CC(C(=O)OC)C(C)(S)CC)C(CC)C(F)(F)F. The van der Waals surface area contributed by atoms with Crippen molar-refractivity contribution in [1.29, 1.82) is 0 Å². The minimum Gasteiger partial charge on any atom is -0.469 e. The van der Waals surface area contributed by atoms with E-state index in [2.05, 4.69) is 12.6 Å². The fraction of sp³-hybridized carbons (Fsp3) is 0.944. The minimum atomic E-state index is -4.28. The molecule has 0 rings (SSSR count). The molecular formula is C18H33F3O2S. The van der Waals surface area contributed by atoms with E-state index in [1.165, 1.54) is 7.11 Å². The first-order valence-electron chi connectivity index (χ1n) is 8.76. The van der Waals surface area contributed by atoms with Crippen LogP contribution in [0, 0.1) is 17.3 Å². The fourth-order valence-electron chi connectivity index (χ4n) is 3.53. The van der Waals surface area contributed by atoms with Gasteiger partial charge in [-0.05, 0) is 38.0 Å². The standard InChI is InChI=1S/C18H33F3O2S/c1-7-10-11-16(4,14(8-2)18(19,20)21)12-13(15(22)23-6)17(5,24)9-3/h13-14,24H,7-12H2,1-6H3. The topological polar surface area (TPSA) is 26.3 Å². The Bertz CT molecular complexity index is 396. The Balaban J connectivity index is 5.83. The first-order chi connectivity index (χ1) is 10.9. The van der Waals surface area contributed by atoms with Gasteiger partial charge < -0.3 is 4.74 Å². The summed E-state index contributed by atoms with van der Waals surface area (Å²) >= 11 is 4.57. The molecular weight excluding hydrogens is 337 g/mol. The van der Waals surface area contributed by atoms with E-state index in [1.807, 2.05) is 13.8 Å². The van der Waals surface area contributed by atoms with Crippen LogP contribution < -0.4 is 0 Å². The van der Waals surface area contributed by atoms with Crippen LogP contribution in [-0.4, -0.2) is 24.0 Å². The van der Waals surface area contributed by atoms with Gasteiger partial charge in [0.15, 0.2) is 0 Å². The maximum absolute atomic E-state index is 13.6. The van der Waals surface area contributed by atoms with Gasteiger partial charge in [0.1, 0.15) is 0 Å². The molecule has 4 unspecified atom stereocenters. The zero-order valence-electron chi connectivity index (χ0n) is 15.8. The van der Waals surface area contributed by atoms with Gasteiger partial charge in [-0.15, -0.1) is 0 Å². The van der Waals surface area contributed by atoms with Crippen molar-refractivity contribution < 1.29 is 22.7 Å². The summed E-state index contributed by atoms with van der Waals surface area (Å²) in [6.45, 7) is 8.87. The first kappa shape index (κ1) is 23.6. The Morgan fingerprint density at radius 2 is 1.71 bits per heavy atom. The van der Waals surface area contributed by atoms with Crippen LogP contribution in [0.25, 0.3) is 0 Å². The van der Waals surface area contributed by atoms with Crippen LogP contribution in [0.1, 0.15) is 73.1 Å². The summed E-state index contributed by atoms with van der Waals surface area (Å²) in [4.78, 5) is 12.3. The third-order valence-electron chi connectivity index (χ3n) is 5.37. The molecule has 0 aliphatic carbocycles. The van der Waals surface area contributed by atoms with Gasteiger partial charge in [0.2, 0.25) is 0 Å². The summed E-state index contributed by atoms with van der Waals surface area (Å²) in [5.74, 6) is -2.59. The lowest BCUT2D eigenvalue weighted by Crippen LogP contribution is -2.45. The number of ether oxygens (including phenoxy) is 1. The van der Waals surface area contributed by atoms with Crippen LogP contribution in [0.3, 0.4) is 0 Å². The van der Waals surface area contributed by atoms with E-state index in [4.69, 9.17) is 4.74 Å². The number of halogens is 3. The van der Waals surface area contributed by atoms with Crippen molar-refractivity contribution in [2.24, 2.45) is 17.3 Å². The lowest BCUT2D eigenvalue weighted by molar-refractivity contribution is -0.211. The second kappa shape index (κ2) is 9.35. The quantitative estimate of drug-likeness (QED) is 0.374. The van der Waals surface area contributed by atoms with Crippen LogP contribution in [0.2, 0.25) is 0 Å². The molecule has 0 saturated carbocycles. The smallest absolute Gasteiger partial charge is 0.392 e. The van der Waals surface area contributed by atoms with Gasteiger partial charge in [0, 0.05) is 4.75 Å². The normalized spacial score (nSPS) is 19.9. The summed E-state index contributed by atoms with van der Waals surface area (Å²) in [6.07, 6.45) is -1.62. The highest BCUT2D eigenvalue weighted by molar-refractivity contribution is 7.81. The molecule has 0 amide bonds. The molecule has 0 bridgehead atoms. The van der Waals surface area contributed by atoms with Gasteiger partial charge in [-0.25, -0.2) is 0 Å². The van der Waals surface area contributed by atoms with E-state index < -0.39 is 34.1 Å². The van der Waals surface area contributed by atoms with Gasteiger partial charge in [-0.1, -0.05) is 40.5 Å². The zero-order valence-corrected chi connectivity index (χ0v) is 16.7. The number of hydrogen-bond acceptors (Lipinski definition) is 3. The molecule has 0 radical (unpaired) electrons. The number of carbonyl (C=O) groups is 1. The van der Waals surface area contributed by atoms with Crippen LogP contribution in [-0.2, 0) is 9.53 Å². The number of unbranched alkanes of at least 4 members (excludes halogenated alkanes) is 1. The molecule has 0 aromatic rings. The number of alkyl halides is 3. The van der Waals surface area contributed by atoms with Crippen LogP contribution in [0.15, 0.2) is 0 Å². The molecule has 0 aliphatic heterocycles. The Labute approximate surface area is 150 Å². The Hall–Kier alpha value is -0.390. The van der Waals surface area contributed by atoms with Crippen molar-refractivity contribution >= 4 is 18.6 Å². The molecule has 0 spiro atoms. The molecule has 0 fully saturated rings. The average Bonchev–Trinajstić information content (AvgIpc) is 2.49. The summed E-state index contributed by atoms with van der Waals surface area (Å²) in [6, 6.07) is 0. The number of rotatable bonds is 10. The lowest BCUT2D eigenvalue weighted by Gasteiger charge is -2.43. The summed E-state index contributed by atoms with van der Waals surface area (Å²) < 4.78 is 45.0. The molecule has 4 atom stereocenters. The monoisotopic (exact) mass is 370 g/mol. The molecule has 0 aromatic carbocycles. The van der Waals surface area contributed by atoms with Crippen molar-refractivity contribution in [1.82, 2.24) is 0 Å². The van der Waals surface area contributed by atoms with E-state index in [-0.39, 0.29) is 12.8 Å². The van der Waals surface area contributed by atoms with E-state index >= 15 is 0 Å². The first-order valence-corrected chi connectivity index (χ1v) is 9.21. The van der Waals surface area contributed by atoms with Crippen molar-refractivity contribution in [3.05, 3.63) is 0 Å². The number of hydrogen-bond donors (Lipinski definition) is 1. The predicted octanol–water partition coefficient (Wildman–Crippen LogP) is 6.05. The number of carbonyl (C=O) groups excluding carboxylic acids is 1. The van der Waals surface area contributed by atoms with E-state index in [0.29, 0.717) is 19.3 Å². The van der Waals surface area contributed by atoms with Crippen LogP contribution >= 0.6 is 12.6 Å². The van der Waals surface area contributed by atoms with Gasteiger partial charge in [0.25, 0.3) is 0 Å². The summed E-state index contributed by atoms with van der Waals surface area (Å²) in [5.41, 5.74) is -1.01. The molecule has 0 heterocycles. The van der Waals surface area contributed by atoms with Crippen molar-refractivity contribution in [3.8, 4) is 0 Å². The minimum absolute atomic E-state index is 0.00696. The zero-order chi connectivity index (χ0) is 19.2. The number of methoxy groups -OCH3 is 1. The lowest BCUT2D eigenvalue weighted by atomic mass is 9.65. The average molecular weight is 371 g/mol. The van der Waals surface area contributed by atoms with Gasteiger partial charge in [0.05, 0.1) is 18.9 Å². The molecule has 0 aliphatic rings. The molecule has 0 N–H and O–H groups in total. The Morgan fingerprint density at radius 3 is 2.04 bits per heavy atom. The van der Waals surface area contributed by atoms with Gasteiger partial charge >= 0.3 is 12.1 Å². The maximum Gasteiger partial charge on any atom is 0.392 e.